The molecule has 18 heavy (non-hydrogen) atoms. The molecule has 4 nitrogen and oxygen atoms in total. The quantitative estimate of drug-likeness (QED) is 0.784. The first-order chi connectivity index (χ1) is 8.70. The van der Waals surface area contributed by atoms with Crippen molar-refractivity contribution in [3.8, 4) is 17.6 Å². The van der Waals surface area contributed by atoms with Crippen LogP contribution in [0.15, 0.2) is 48.5 Å². The third-order valence-corrected chi connectivity index (χ3v) is 2.41. The Balaban J connectivity index is 2.22. The van der Waals surface area contributed by atoms with Gasteiger partial charge in [-0.1, -0.05) is 24.3 Å². The Kier molecular flexibility index (Phi) is 3.63. The van der Waals surface area contributed by atoms with E-state index in [9.17, 15) is 0 Å². The van der Waals surface area contributed by atoms with E-state index < -0.39 is 7.12 Å². The fourth-order valence-electron chi connectivity index (χ4n) is 1.48. The maximum absolute atomic E-state index is 8.96. The highest BCUT2D eigenvalue weighted by Crippen LogP contribution is 2.23. The summed E-state index contributed by atoms with van der Waals surface area (Å²) in [4.78, 5) is 0. The van der Waals surface area contributed by atoms with Crippen LogP contribution >= 0.6 is 0 Å². The summed E-state index contributed by atoms with van der Waals surface area (Å²) < 4.78 is 5.55. The van der Waals surface area contributed by atoms with E-state index >= 15 is 0 Å². The topological polar surface area (TPSA) is 73.5 Å². The molecule has 2 aromatic carbocycles. The van der Waals surface area contributed by atoms with Crippen LogP contribution in [0.1, 0.15) is 5.56 Å². The summed E-state index contributed by atoms with van der Waals surface area (Å²) in [5.41, 5.74) is 0.833. The van der Waals surface area contributed by atoms with E-state index in [1.165, 1.54) is 0 Å². The lowest BCUT2D eigenvalue weighted by molar-refractivity contribution is 0.425. The van der Waals surface area contributed by atoms with Gasteiger partial charge in [-0.15, -0.1) is 0 Å². The Hall–Kier alpha value is -2.29. The molecule has 2 rings (SSSR count). The normalized spacial score (nSPS) is 9.61. The van der Waals surface area contributed by atoms with E-state index in [0.29, 0.717) is 22.5 Å². The van der Waals surface area contributed by atoms with Crippen molar-refractivity contribution in [3.63, 3.8) is 0 Å². The molecule has 0 radical (unpaired) electrons. The van der Waals surface area contributed by atoms with Crippen LogP contribution in [0, 0.1) is 11.3 Å². The van der Waals surface area contributed by atoms with Crippen LogP contribution in [-0.2, 0) is 0 Å². The van der Waals surface area contributed by atoms with Crippen LogP contribution < -0.4 is 10.2 Å². The van der Waals surface area contributed by atoms with Crippen molar-refractivity contribution < 1.29 is 14.8 Å². The van der Waals surface area contributed by atoms with Gasteiger partial charge in [0.15, 0.2) is 0 Å². The van der Waals surface area contributed by atoms with E-state index in [1.54, 1.807) is 48.5 Å². The highest BCUT2D eigenvalue weighted by Gasteiger charge is 2.10. The lowest BCUT2D eigenvalue weighted by Gasteiger charge is -2.07. The third-order valence-electron chi connectivity index (χ3n) is 2.41. The molecule has 0 aromatic heterocycles. The Morgan fingerprint density at radius 2 is 1.67 bits per heavy atom. The Morgan fingerprint density at radius 1 is 1.00 bits per heavy atom. The summed E-state index contributed by atoms with van der Waals surface area (Å²) in [6, 6.07) is 15.3. The van der Waals surface area contributed by atoms with Crippen molar-refractivity contribution in [2.75, 3.05) is 0 Å². The SMILES string of the molecule is N#Cc1ccccc1Oc1ccc(B(O)O)cc1. The number of benzene rings is 2. The molecule has 0 heterocycles. The molecule has 0 spiro atoms. The third kappa shape index (κ3) is 2.69. The minimum atomic E-state index is -1.49. The molecule has 0 atom stereocenters. The van der Waals surface area contributed by atoms with Crippen molar-refractivity contribution in [2.24, 2.45) is 0 Å². The van der Waals surface area contributed by atoms with E-state index in [2.05, 4.69) is 0 Å². The first kappa shape index (κ1) is 12.2. The fourth-order valence-corrected chi connectivity index (χ4v) is 1.48. The predicted octanol–water partition coefficient (Wildman–Crippen LogP) is 1.03. The molecule has 2 N–H and O–H groups in total. The molecule has 0 bridgehead atoms. The number of nitrogens with zero attached hydrogens (tertiary/aromatic N) is 1. The van der Waals surface area contributed by atoms with Crippen LogP contribution in [0.5, 0.6) is 11.5 Å². The van der Waals surface area contributed by atoms with Gasteiger partial charge in [0, 0.05) is 0 Å². The Bertz CT molecular complexity index is 576. The molecule has 0 amide bonds. The van der Waals surface area contributed by atoms with E-state index in [-0.39, 0.29) is 0 Å². The summed E-state index contributed by atoms with van der Waals surface area (Å²) in [6.07, 6.45) is 0. The number of hydrogen-bond donors (Lipinski definition) is 2. The summed E-state index contributed by atoms with van der Waals surface area (Å²) in [5, 5.41) is 26.8. The van der Waals surface area contributed by atoms with Gasteiger partial charge in [-0.3, -0.25) is 0 Å². The van der Waals surface area contributed by atoms with Crippen molar-refractivity contribution in [1.82, 2.24) is 0 Å². The number of para-hydroxylation sites is 1. The van der Waals surface area contributed by atoms with Gasteiger partial charge in [0.25, 0.3) is 0 Å². The Labute approximate surface area is 105 Å². The van der Waals surface area contributed by atoms with Crippen LogP contribution in [0.2, 0.25) is 0 Å². The van der Waals surface area contributed by atoms with Gasteiger partial charge in [-0.25, -0.2) is 0 Å². The second-order valence-electron chi connectivity index (χ2n) is 3.65. The summed E-state index contributed by atoms with van der Waals surface area (Å²) in [5.74, 6) is 0.999. The highest BCUT2D eigenvalue weighted by atomic mass is 16.5. The molecule has 0 fully saturated rings. The maximum Gasteiger partial charge on any atom is 0.488 e. The maximum atomic E-state index is 8.96. The lowest BCUT2D eigenvalue weighted by atomic mass is 9.80. The van der Waals surface area contributed by atoms with E-state index in [1.807, 2.05) is 6.07 Å². The number of rotatable bonds is 3. The van der Waals surface area contributed by atoms with Crippen LogP contribution in [0.4, 0.5) is 0 Å². The number of nitriles is 1. The second kappa shape index (κ2) is 5.36. The zero-order chi connectivity index (χ0) is 13.0. The zero-order valence-corrected chi connectivity index (χ0v) is 9.45. The monoisotopic (exact) mass is 239 g/mol. The smallest absolute Gasteiger partial charge is 0.456 e. The average molecular weight is 239 g/mol. The number of hydrogen-bond acceptors (Lipinski definition) is 4. The molecule has 0 aliphatic carbocycles. The predicted molar refractivity (Wildman–Crippen MR) is 67.5 cm³/mol. The summed E-state index contributed by atoms with van der Waals surface area (Å²) in [7, 11) is -1.49. The molecule has 2 aromatic rings. The van der Waals surface area contributed by atoms with Crippen LogP contribution in [0.3, 0.4) is 0 Å². The van der Waals surface area contributed by atoms with Crippen molar-refractivity contribution in [2.45, 2.75) is 0 Å². The molecule has 0 aliphatic rings. The minimum absolute atomic E-state index is 0.385. The molecule has 0 unspecified atom stereocenters. The summed E-state index contributed by atoms with van der Waals surface area (Å²) >= 11 is 0. The summed E-state index contributed by atoms with van der Waals surface area (Å²) in [6.45, 7) is 0. The van der Waals surface area contributed by atoms with Crippen molar-refractivity contribution in [1.29, 1.82) is 5.26 Å². The van der Waals surface area contributed by atoms with E-state index in [4.69, 9.17) is 20.0 Å². The standard InChI is InChI=1S/C13H10BNO3/c15-9-10-3-1-2-4-13(10)18-12-7-5-11(6-8-12)14(16)17/h1-8,16-17H. The molecule has 0 saturated carbocycles. The molecular formula is C13H10BNO3. The largest absolute Gasteiger partial charge is 0.488 e. The van der Waals surface area contributed by atoms with Crippen molar-refractivity contribution in [3.05, 3.63) is 54.1 Å². The van der Waals surface area contributed by atoms with Crippen LogP contribution in [0.25, 0.3) is 0 Å². The molecule has 0 saturated heterocycles. The van der Waals surface area contributed by atoms with Gasteiger partial charge in [-0.2, -0.15) is 5.26 Å². The molecule has 5 heteroatoms. The molecular weight excluding hydrogens is 229 g/mol. The molecule has 88 valence electrons. The minimum Gasteiger partial charge on any atom is -0.456 e. The van der Waals surface area contributed by atoms with Gasteiger partial charge in [0.2, 0.25) is 0 Å². The highest BCUT2D eigenvalue weighted by molar-refractivity contribution is 6.58. The second-order valence-corrected chi connectivity index (χ2v) is 3.65. The number of ether oxygens (including phenoxy) is 1. The van der Waals surface area contributed by atoms with Crippen LogP contribution in [-0.4, -0.2) is 17.2 Å². The lowest BCUT2D eigenvalue weighted by Crippen LogP contribution is -2.29. The van der Waals surface area contributed by atoms with Gasteiger partial charge in [0.1, 0.15) is 17.6 Å². The van der Waals surface area contributed by atoms with Gasteiger partial charge >= 0.3 is 7.12 Å². The van der Waals surface area contributed by atoms with Crippen molar-refractivity contribution >= 4 is 12.6 Å². The zero-order valence-electron chi connectivity index (χ0n) is 9.45. The van der Waals surface area contributed by atoms with Gasteiger partial charge in [-0.05, 0) is 29.7 Å². The first-order valence-corrected chi connectivity index (χ1v) is 5.34. The fraction of sp³-hybridized carbons (Fsp3) is 0. The molecule has 0 aliphatic heterocycles. The van der Waals surface area contributed by atoms with Gasteiger partial charge < -0.3 is 14.8 Å². The average Bonchev–Trinajstić information content (AvgIpc) is 2.40. The van der Waals surface area contributed by atoms with Gasteiger partial charge in [0.05, 0.1) is 5.56 Å². The first-order valence-electron chi connectivity index (χ1n) is 5.34. The Morgan fingerprint density at radius 3 is 2.28 bits per heavy atom. The van der Waals surface area contributed by atoms with E-state index in [0.717, 1.165) is 0 Å².